The molecule has 0 radical (unpaired) electrons. The van der Waals surface area contributed by atoms with Gasteiger partial charge in [-0.1, -0.05) is 36.3 Å². The molecule has 21 heavy (non-hydrogen) atoms. The summed E-state index contributed by atoms with van der Waals surface area (Å²) in [7, 11) is 1.72. The van der Waals surface area contributed by atoms with Crippen LogP contribution in [0.25, 0.3) is 0 Å². The minimum absolute atomic E-state index is 0.108. The number of phenolic OH excluding ortho intramolecular Hbond substituents is 1. The molecule has 0 aromatic heterocycles. The fourth-order valence-electron chi connectivity index (χ4n) is 1.89. The van der Waals surface area contributed by atoms with Gasteiger partial charge >= 0.3 is 0 Å². The van der Waals surface area contributed by atoms with Gasteiger partial charge in [-0.05, 0) is 36.8 Å². The molecule has 0 aliphatic carbocycles. The maximum absolute atomic E-state index is 12.1. The molecular formula is C18H17NO2. The van der Waals surface area contributed by atoms with E-state index in [1.54, 1.807) is 36.2 Å². The predicted molar refractivity (Wildman–Crippen MR) is 82.6 cm³/mol. The van der Waals surface area contributed by atoms with Gasteiger partial charge in [-0.15, -0.1) is 0 Å². The Morgan fingerprint density at radius 1 is 1.10 bits per heavy atom. The quantitative estimate of drug-likeness (QED) is 0.859. The Morgan fingerprint density at radius 2 is 1.71 bits per heavy atom. The number of nitrogens with zero attached hydrogens (tertiary/aromatic N) is 1. The average molecular weight is 279 g/mol. The monoisotopic (exact) mass is 279 g/mol. The number of phenols is 1. The van der Waals surface area contributed by atoms with Gasteiger partial charge in [0.05, 0.1) is 6.04 Å². The SMILES string of the molecule is CC(c1ccc(O)cc1)N(C)C(=O)C#Cc1ccccc1. The van der Waals surface area contributed by atoms with Gasteiger partial charge in [0, 0.05) is 18.5 Å². The first-order valence-electron chi connectivity index (χ1n) is 6.70. The van der Waals surface area contributed by atoms with E-state index in [2.05, 4.69) is 11.8 Å². The minimum atomic E-state index is -0.237. The third-order valence-electron chi connectivity index (χ3n) is 3.36. The molecule has 0 fully saturated rings. The Balaban J connectivity index is 2.09. The van der Waals surface area contributed by atoms with E-state index in [4.69, 9.17) is 0 Å². The number of aromatic hydroxyl groups is 1. The fraction of sp³-hybridized carbons (Fsp3) is 0.167. The van der Waals surface area contributed by atoms with Gasteiger partial charge in [-0.3, -0.25) is 4.79 Å². The van der Waals surface area contributed by atoms with E-state index in [1.807, 2.05) is 37.3 Å². The number of carbonyl (C=O) groups excluding carboxylic acids is 1. The molecule has 0 saturated heterocycles. The van der Waals surface area contributed by atoms with Crippen LogP contribution in [0.5, 0.6) is 5.75 Å². The molecule has 1 unspecified atom stereocenters. The van der Waals surface area contributed by atoms with E-state index in [9.17, 15) is 9.90 Å². The van der Waals surface area contributed by atoms with Gasteiger partial charge in [-0.25, -0.2) is 0 Å². The zero-order valence-corrected chi connectivity index (χ0v) is 12.1. The lowest BCUT2D eigenvalue weighted by Crippen LogP contribution is -2.28. The zero-order chi connectivity index (χ0) is 15.2. The number of hydrogen-bond donors (Lipinski definition) is 1. The smallest absolute Gasteiger partial charge is 0.299 e. The summed E-state index contributed by atoms with van der Waals surface area (Å²) >= 11 is 0. The minimum Gasteiger partial charge on any atom is -0.508 e. The summed E-state index contributed by atoms with van der Waals surface area (Å²) in [5, 5.41) is 9.29. The van der Waals surface area contributed by atoms with Gasteiger partial charge in [0.1, 0.15) is 5.75 Å². The van der Waals surface area contributed by atoms with Crippen LogP contribution in [0.3, 0.4) is 0 Å². The van der Waals surface area contributed by atoms with Crippen molar-refractivity contribution in [3.8, 4) is 17.6 Å². The highest BCUT2D eigenvalue weighted by Gasteiger charge is 2.15. The highest BCUT2D eigenvalue weighted by Crippen LogP contribution is 2.20. The summed E-state index contributed by atoms with van der Waals surface area (Å²) in [5.41, 5.74) is 1.77. The Hall–Kier alpha value is -2.73. The molecule has 1 amide bonds. The Kier molecular flexibility index (Phi) is 4.63. The molecule has 106 valence electrons. The Labute approximate surface area is 124 Å². The van der Waals surface area contributed by atoms with E-state index < -0.39 is 0 Å². The molecule has 0 heterocycles. The van der Waals surface area contributed by atoms with Crippen LogP contribution in [0.1, 0.15) is 24.1 Å². The van der Waals surface area contributed by atoms with E-state index in [0.29, 0.717) is 0 Å². The number of rotatable bonds is 2. The fourth-order valence-corrected chi connectivity index (χ4v) is 1.89. The molecular weight excluding hydrogens is 262 g/mol. The molecule has 0 bridgehead atoms. The molecule has 3 nitrogen and oxygen atoms in total. The molecule has 0 aliphatic rings. The second kappa shape index (κ2) is 6.62. The average Bonchev–Trinajstić information content (AvgIpc) is 2.53. The molecule has 1 N–H and O–H groups in total. The summed E-state index contributed by atoms with van der Waals surface area (Å²) in [6.07, 6.45) is 0. The third-order valence-corrected chi connectivity index (χ3v) is 3.36. The molecule has 1 atom stereocenters. The maximum atomic E-state index is 12.1. The van der Waals surface area contributed by atoms with Crippen molar-refractivity contribution in [2.45, 2.75) is 13.0 Å². The molecule has 2 rings (SSSR count). The standard InChI is InChI=1S/C18H17NO2/c1-14(16-9-11-17(20)12-10-16)19(2)18(21)13-8-15-6-4-3-5-7-15/h3-7,9-12,14,20H,1-2H3. The third kappa shape index (κ3) is 3.87. The molecule has 2 aromatic carbocycles. The molecule has 0 spiro atoms. The lowest BCUT2D eigenvalue weighted by Gasteiger charge is -2.23. The second-order valence-corrected chi connectivity index (χ2v) is 4.80. The lowest BCUT2D eigenvalue weighted by atomic mass is 10.1. The van der Waals surface area contributed by atoms with Crippen LogP contribution in [-0.2, 0) is 4.79 Å². The Morgan fingerprint density at radius 3 is 2.33 bits per heavy atom. The van der Waals surface area contributed by atoms with Gasteiger partial charge in [0.15, 0.2) is 0 Å². The van der Waals surface area contributed by atoms with Crippen molar-refractivity contribution in [3.05, 3.63) is 65.7 Å². The molecule has 0 saturated carbocycles. The van der Waals surface area contributed by atoms with Crippen LogP contribution in [0.15, 0.2) is 54.6 Å². The van der Waals surface area contributed by atoms with Crippen molar-refractivity contribution in [1.82, 2.24) is 4.90 Å². The van der Waals surface area contributed by atoms with Gasteiger partial charge in [0.2, 0.25) is 0 Å². The van der Waals surface area contributed by atoms with Gasteiger partial charge < -0.3 is 10.0 Å². The van der Waals surface area contributed by atoms with Crippen molar-refractivity contribution < 1.29 is 9.90 Å². The van der Waals surface area contributed by atoms with Crippen LogP contribution >= 0.6 is 0 Å². The normalized spacial score (nSPS) is 11.1. The predicted octanol–water partition coefficient (Wildman–Crippen LogP) is 2.96. The van der Waals surface area contributed by atoms with Crippen LogP contribution in [-0.4, -0.2) is 23.0 Å². The second-order valence-electron chi connectivity index (χ2n) is 4.80. The van der Waals surface area contributed by atoms with Crippen molar-refractivity contribution in [3.63, 3.8) is 0 Å². The van der Waals surface area contributed by atoms with Crippen LogP contribution in [0, 0.1) is 11.8 Å². The van der Waals surface area contributed by atoms with Crippen LogP contribution < -0.4 is 0 Å². The topological polar surface area (TPSA) is 40.5 Å². The summed E-state index contributed by atoms with van der Waals surface area (Å²) in [6.45, 7) is 1.93. The van der Waals surface area contributed by atoms with Crippen molar-refractivity contribution in [2.75, 3.05) is 7.05 Å². The van der Waals surface area contributed by atoms with E-state index >= 15 is 0 Å². The highest BCUT2D eigenvalue weighted by atomic mass is 16.3. The first kappa shape index (κ1) is 14.7. The van der Waals surface area contributed by atoms with Gasteiger partial charge in [0.25, 0.3) is 5.91 Å². The summed E-state index contributed by atoms with van der Waals surface area (Å²) in [6, 6.07) is 16.1. The maximum Gasteiger partial charge on any atom is 0.299 e. The summed E-state index contributed by atoms with van der Waals surface area (Å²) < 4.78 is 0. The number of amides is 1. The lowest BCUT2D eigenvalue weighted by molar-refractivity contribution is -0.125. The van der Waals surface area contributed by atoms with Crippen molar-refractivity contribution in [2.24, 2.45) is 0 Å². The molecule has 2 aromatic rings. The zero-order valence-electron chi connectivity index (χ0n) is 12.1. The molecule has 0 aliphatic heterocycles. The summed E-state index contributed by atoms with van der Waals surface area (Å²) in [5.74, 6) is 5.48. The highest BCUT2D eigenvalue weighted by molar-refractivity contribution is 5.94. The van der Waals surface area contributed by atoms with Crippen LogP contribution in [0.4, 0.5) is 0 Å². The largest absolute Gasteiger partial charge is 0.508 e. The summed E-state index contributed by atoms with van der Waals surface area (Å²) in [4.78, 5) is 13.7. The van der Waals surface area contributed by atoms with Gasteiger partial charge in [-0.2, -0.15) is 0 Å². The number of hydrogen-bond acceptors (Lipinski definition) is 2. The van der Waals surface area contributed by atoms with E-state index in [-0.39, 0.29) is 17.7 Å². The first-order chi connectivity index (χ1) is 10.1. The van der Waals surface area contributed by atoms with E-state index in [0.717, 1.165) is 11.1 Å². The van der Waals surface area contributed by atoms with E-state index in [1.165, 1.54) is 0 Å². The first-order valence-corrected chi connectivity index (χ1v) is 6.70. The Bertz CT molecular complexity index is 666. The van der Waals surface area contributed by atoms with Crippen LogP contribution in [0.2, 0.25) is 0 Å². The number of carbonyl (C=O) groups is 1. The van der Waals surface area contributed by atoms with Crippen molar-refractivity contribution in [1.29, 1.82) is 0 Å². The molecule has 3 heteroatoms. The number of benzene rings is 2. The van der Waals surface area contributed by atoms with Crippen molar-refractivity contribution >= 4 is 5.91 Å².